The van der Waals surface area contributed by atoms with Crippen molar-refractivity contribution in [1.82, 2.24) is 10.2 Å². The number of para-hydroxylation sites is 2. The molecule has 1 aliphatic carbocycles. The zero-order chi connectivity index (χ0) is 31.0. The lowest BCUT2D eigenvalue weighted by atomic mass is 9.74. The van der Waals surface area contributed by atoms with Crippen molar-refractivity contribution < 1.29 is 28.6 Å². The van der Waals surface area contributed by atoms with Crippen LogP contribution in [0.4, 0.5) is 5.69 Å². The van der Waals surface area contributed by atoms with Crippen molar-refractivity contribution in [2.45, 2.75) is 62.4 Å². The lowest BCUT2D eigenvalue weighted by molar-refractivity contribution is -0.142. The number of carbonyl (C=O) groups is 3. The van der Waals surface area contributed by atoms with E-state index in [1.807, 2.05) is 66.7 Å². The van der Waals surface area contributed by atoms with Gasteiger partial charge in [-0.3, -0.25) is 14.4 Å². The van der Waals surface area contributed by atoms with Gasteiger partial charge in [-0.15, -0.1) is 0 Å². The average molecular weight is 608 g/mol. The molecule has 9 nitrogen and oxygen atoms in total. The number of nitrogens with zero attached hydrogens (tertiary/aromatic N) is 1. The van der Waals surface area contributed by atoms with Crippen LogP contribution < -0.4 is 20.1 Å². The zero-order valence-corrected chi connectivity index (χ0v) is 25.2. The molecule has 2 saturated heterocycles. The summed E-state index contributed by atoms with van der Waals surface area (Å²) in [6.07, 6.45) is 8.17. The highest BCUT2D eigenvalue weighted by atomic mass is 16.5. The number of anilines is 1. The van der Waals surface area contributed by atoms with E-state index in [0.29, 0.717) is 22.9 Å². The molecule has 3 amide bonds. The fourth-order valence-corrected chi connectivity index (χ4v) is 7.44. The number of methoxy groups -OCH3 is 1. The van der Waals surface area contributed by atoms with Crippen molar-refractivity contribution in [2.75, 3.05) is 12.4 Å². The highest BCUT2D eigenvalue weighted by Crippen LogP contribution is 2.55. The first kappa shape index (κ1) is 29.1. The van der Waals surface area contributed by atoms with Crippen LogP contribution in [-0.4, -0.2) is 53.5 Å². The Kier molecular flexibility index (Phi) is 7.79. The molecule has 3 unspecified atom stereocenters. The van der Waals surface area contributed by atoms with Crippen LogP contribution in [0.1, 0.15) is 37.7 Å². The number of nitrogens with one attached hydrogen (secondary N) is 2. The monoisotopic (exact) mass is 607 g/mol. The van der Waals surface area contributed by atoms with Gasteiger partial charge in [-0.2, -0.15) is 0 Å². The number of ether oxygens (including phenoxy) is 3. The molecule has 3 aliphatic heterocycles. The fraction of sp³-hybridized carbons (Fsp3) is 0.361. The minimum absolute atomic E-state index is 0.0560. The first-order chi connectivity index (χ1) is 22.0. The highest BCUT2D eigenvalue weighted by Gasteiger charge is 2.72. The second-order valence-corrected chi connectivity index (χ2v) is 12.3. The van der Waals surface area contributed by atoms with E-state index in [2.05, 4.69) is 10.6 Å². The molecule has 0 radical (unpaired) electrons. The molecule has 3 aromatic rings. The third-order valence-corrected chi connectivity index (χ3v) is 9.51. The maximum absolute atomic E-state index is 14.4. The summed E-state index contributed by atoms with van der Waals surface area (Å²) in [5.74, 6) is -0.510. The number of likely N-dealkylation sites (tertiary alicyclic amines) is 1. The van der Waals surface area contributed by atoms with E-state index in [9.17, 15) is 14.4 Å². The van der Waals surface area contributed by atoms with E-state index < -0.39 is 29.6 Å². The van der Waals surface area contributed by atoms with Crippen LogP contribution in [0.5, 0.6) is 17.2 Å². The summed E-state index contributed by atoms with van der Waals surface area (Å²) in [6, 6.07) is 23.1. The smallest absolute Gasteiger partial charge is 0.246 e. The van der Waals surface area contributed by atoms with E-state index in [1.54, 1.807) is 36.3 Å². The van der Waals surface area contributed by atoms with E-state index in [4.69, 9.17) is 14.2 Å². The molecule has 2 bridgehead atoms. The van der Waals surface area contributed by atoms with Gasteiger partial charge in [0.25, 0.3) is 0 Å². The molecule has 9 heteroatoms. The number of carbonyl (C=O) groups excluding carboxylic acids is 3. The molecule has 3 fully saturated rings. The SMILES string of the molecule is COc1ccccc1CN1C(=O)[C@H]2C(C(=O)Nc3ccc(Oc4ccccc4)cc3)[C@H]3C=CC2(O3)C1C(=O)NC1CCCCC1. The molecular weight excluding hydrogens is 570 g/mol. The Morgan fingerprint density at radius 1 is 0.911 bits per heavy atom. The third kappa shape index (κ3) is 5.35. The highest BCUT2D eigenvalue weighted by molar-refractivity contribution is 6.02. The molecule has 0 aromatic heterocycles. The number of fused-ring (bicyclic) bond motifs is 1. The summed E-state index contributed by atoms with van der Waals surface area (Å²) in [5.41, 5.74) is 0.111. The fourth-order valence-electron chi connectivity index (χ4n) is 7.44. The van der Waals surface area contributed by atoms with Crippen LogP contribution in [0.3, 0.4) is 0 Å². The predicted octanol–water partition coefficient (Wildman–Crippen LogP) is 5.23. The summed E-state index contributed by atoms with van der Waals surface area (Å²) in [6.45, 7) is 0.156. The van der Waals surface area contributed by atoms with Crippen molar-refractivity contribution in [3.8, 4) is 17.2 Å². The number of amides is 3. The maximum atomic E-state index is 14.4. The molecule has 2 N–H and O–H groups in total. The Hall–Kier alpha value is -4.63. The molecule has 232 valence electrons. The lowest BCUT2D eigenvalue weighted by Gasteiger charge is -2.34. The third-order valence-electron chi connectivity index (χ3n) is 9.51. The summed E-state index contributed by atoms with van der Waals surface area (Å²) < 4.78 is 18.0. The van der Waals surface area contributed by atoms with E-state index in [1.165, 1.54) is 0 Å². The Morgan fingerprint density at radius 3 is 2.38 bits per heavy atom. The predicted molar refractivity (Wildman–Crippen MR) is 168 cm³/mol. The Bertz CT molecular complexity index is 1600. The van der Waals surface area contributed by atoms with E-state index >= 15 is 0 Å². The van der Waals surface area contributed by atoms with Crippen LogP contribution >= 0.6 is 0 Å². The minimum Gasteiger partial charge on any atom is -0.496 e. The van der Waals surface area contributed by atoms with Gasteiger partial charge in [-0.05, 0) is 55.3 Å². The van der Waals surface area contributed by atoms with Gasteiger partial charge in [0.05, 0.1) is 31.6 Å². The standard InChI is InChI=1S/C36H37N3O6/c1-43-28-15-9-8-10-23(28)22-39-32(34(41)38-24-11-4-2-5-12-24)36-21-20-29(45-36)30(31(36)35(39)42)33(40)37-25-16-18-27(19-17-25)44-26-13-6-3-7-14-26/h3,6-10,13-21,24,29-32H,2,4-5,11-12,22H2,1H3,(H,37,40)(H,38,41)/t29-,30?,31-,32?,36?/m1/s1. The maximum Gasteiger partial charge on any atom is 0.246 e. The van der Waals surface area contributed by atoms with E-state index in [0.717, 1.165) is 37.7 Å². The minimum atomic E-state index is -1.24. The zero-order valence-electron chi connectivity index (χ0n) is 25.2. The lowest BCUT2D eigenvalue weighted by Crippen LogP contribution is -2.56. The summed E-state index contributed by atoms with van der Waals surface area (Å²) in [7, 11) is 1.58. The summed E-state index contributed by atoms with van der Waals surface area (Å²) in [5, 5.41) is 6.21. The molecular formula is C36H37N3O6. The van der Waals surface area contributed by atoms with Gasteiger partial charge in [0.15, 0.2) is 0 Å². The molecule has 4 aliphatic rings. The Morgan fingerprint density at radius 2 is 1.62 bits per heavy atom. The Balaban J connectivity index is 1.15. The first-order valence-corrected chi connectivity index (χ1v) is 15.7. The second-order valence-electron chi connectivity index (χ2n) is 12.3. The van der Waals surface area contributed by atoms with Gasteiger partial charge in [0.2, 0.25) is 17.7 Å². The second kappa shape index (κ2) is 12.0. The van der Waals surface area contributed by atoms with Crippen LogP contribution in [0.15, 0.2) is 91.0 Å². The molecule has 7 rings (SSSR count). The van der Waals surface area contributed by atoms with Gasteiger partial charge in [0.1, 0.15) is 28.9 Å². The molecule has 3 heterocycles. The molecule has 5 atom stereocenters. The molecule has 3 aromatic carbocycles. The van der Waals surface area contributed by atoms with Crippen molar-refractivity contribution in [3.63, 3.8) is 0 Å². The average Bonchev–Trinajstić information content (AvgIpc) is 3.70. The molecule has 1 saturated carbocycles. The van der Waals surface area contributed by atoms with E-state index in [-0.39, 0.29) is 30.3 Å². The molecule has 1 spiro atoms. The van der Waals surface area contributed by atoms with Crippen LogP contribution in [0.2, 0.25) is 0 Å². The number of rotatable bonds is 9. The van der Waals surface area contributed by atoms with Crippen molar-refractivity contribution in [2.24, 2.45) is 11.8 Å². The molecule has 45 heavy (non-hydrogen) atoms. The van der Waals surface area contributed by atoms with Crippen molar-refractivity contribution >= 4 is 23.4 Å². The number of hydrogen-bond donors (Lipinski definition) is 2. The quantitative estimate of drug-likeness (QED) is 0.323. The van der Waals surface area contributed by atoms with Crippen molar-refractivity contribution in [3.05, 3.63) is 96.6 Å². The van der Waals surface area contributed by atoms with Gasteiger partial charge in [-0.1, -0.05) is 67.8 Å². The number of hydrogen-bond acceptors (Lipinski definition) is 6. The van der Waals surface area contributed by atoms with Crippen LogP contribution in [0.25, 0.3) is 0 Å². The van der Waals surface area contributed by atoms with Crippen molar-refractivity contribution in [1.29, 1.82) is 0 Å². The Labute approximate surface area is 262 Å². The summed E-state index contributed by atoms with van der Waals surface area (Å²) in [4.78, 5) is 43.9. The summed E-state index contributed by atoms with van der Waals surface area (Å²) >= 11 is 0. The van der Waals surface area contributed by atoms with Gasteiger partial charge < -0.3 is 29.7 Å². The number of benzene rings is 3. The van der Waals surface area contributed by atoms with Crippen LogP contribution in [0, 0.1) is 11.8 Å². The largest absolute Gasteiger partial charge is 0.496 e. The first-order valence-electron chi connectivity index (χ1n) is 15.7. The van der Waals surface area contributed by atoms with Gasteiger partial charge in [0, 0.05) is 17.3 Å². The van der Waals surface area contributed by atoms with Gasteiger partial charge in [-0.25, -0.2) is 0 Å². The normalized spacial score (nSPS) is 26.9. The van der Waals surface area contributed by atoms with Crippen LogP contribution in [-0.2, 0) is 25.7 Å². The van der Waals surface area contributed by atoms with Gasteiger partial charge >= 0.3 is 0 Å². The topological polar surface area (TPSA) is 106 Å².